The van der Waals surface area contributed by atoms with Crippen LogP contribution in [0.4, 0.5) is 0 Å². The van der Waals surface area contributed by atoms with Crippen LogP contribution in [-0.2, 0) is 0 Å². The van der Waals surface area contributed by atoms with Gasteiger partial charge in [-0.25, -0.2) is 9.97 Å². The molecule has 21 heavy (non-hydrogen) atoms. The Balaban J connectivity index is 1.65. The van der Waals surface area contributed by atoms with Crippen molar-refractivity contribution in [3.8, 4) is 10.6 Å². The molecule has 0 aliphatic carbocycles. The molecule has 0 atom stereocenters. The molecule has 0 radical (unpaired) electrons. The lowest BCUT2D eigenvalue weighted by Gasteiger charge is -2.13. The molecule has 1 aliphatic rings. The molecule has 0 saturated carbocycles. The molecule has 0 unspecified atom stereocenters. The molecule has 0 bridgehead atoms. The minimum absolute atomic E-state index is 0.130. The Morgan fingerprint density at radius 2 is 2.19 bits per heavy atom. The van der Waals surface area contributed by atoms with Crippen LogP contribution in [0.25, 0.3) is 21.7 Å². The van der Waals surface area contributed by atoms with Crippen molar-refractivity contribution < 1.29 is 4.79 Å². The maximum atomic E-state index is 12.4. The van der Waals surface area contributed by atoms with Gasteiger partial charge < -0.3 is 9.88 Å². The van der Waals surface area contributed by atoms with E-state index in [1.807, 2.05) is 28.6 Å². The molecular formula is C15H14N4OS. The van der Waals surface area contributed by atoms with Crippen molar-refractivity contribution in [1.82, 2.24) is 19.9 Å². The van der Waals surface area contributed by atoms with E-state index in [0.717, 1.165) is 53.2 Å². The summed E-state index contributed by atoms with van der Waals surface area (Å²) in [7, 11) is 0. The summed E-state index contributed by atoms with van der Waals surface area (Å²) in [5.41, 5.74) is 3.19. The van der Waals surface area contributed by atoms with E-state index in [4.69, 9.17) is 0 Å². The molecule has 3 aromatic heterocycles. The highest BCUT2D eigenvalue weighted by atomic mass is 32.1. The molecule has 1 fully saturated rings. The third-order valence-corrected chi connectivity index (χ3v) is 4.71. The summed E-state index contributed by atoms with van der Waals surface area (Å²) in [6.45, 7) is 1.75. The summed E-state index contributed by atoms with van der Waals surface area (Å²) in [5, 5.41) is 1.92. The predicted molar refractivity (Wildman–Crippen MR) is 82.3 cm³/mol. The predicted octanol–water partition coefficient (Wildman–Crippen LogP) is 2.92. The van der Waals surface area contributed by atoms with Crippen molar-refractivity contribution >= 4 is 28.4 Å². The zero-order valence-corrected chi connectivity index (χ0v) is 12.2. The van der Waals surface area contributed by atoms with Gasteiger partial charge in [0.2, 0.25) is 0 Å². The summed E-state index contributed by atoms with van der Waals surface area (Å²) in [6, 6.07) is 3.82. The van der Waals surface area contributed by atoms with Gasteiger partial charge in [-0.15, -0.1) is 11.3 Å². The summed E-state index contributed by atoms with van der Waals surface area (Å²) in [5.74, 6) is 0.130. The van der Waals surface area contributed by atoms with Gasteiger partial charge in [-0.05, 0) is 25.0 Å². The first-order valence-electron chi connectivity index (χ1n) is 6.99. The third kappa shape index (κ3) is 2.21. The highest BCUT2D eigenvalue weighted by Gasteiger charge is 2.20. The second kappa shape index (κ2) is 4.96. The Morgan fingerprint density at radius 3 is 3.05 bits per heavy atom. The number of carbonyl (C=O) groups is 1. The number of likely N-dealkylation sites (tertiary alicyclic amines) is 1. The summed E-state index contributed by atoms with van der Waals surface area (Å²) in [6.07, 6.45) is 5.79. The molecule has 4 heterocycles. The molecule has 0 spiro atoms. The molecule has 6 heteroatoms. The van der Waals surface area contributed by atoms with Gasteiger partial charge in [0.1, 0.15) is 5.52 Å². The van der Waals surface area contributed by atoms with E-state index in [1.165, 1.54) is 0 Å². The maximum absolute atomic E-state index is 12.4. The lowest BCUT2D eigenvalue weighted by molar-refractivity contribution is 0.0793. The number of nitrogens with one attached hydrogen (secondary N) is 1. The lowest BCUT2D eigenvalue weighted by atomic mass is 10.2. The fourth-order valence-corrected chi connectivity index (χ4v) is 3.47. The minimum atomic E-state index is 0.130. The molecule has 5 nitrogen and oxygen atoms in total. The molecule has 3 aromatic rings. The van der Waals surface area contributed by atoms with E-state index in [9.17, 15) is 4.79 Å². The van der Waals surface area contributed by atoms with E-state index in [1.54, 1.807) is 17.5 Å². The van der Waals surface area contributed by atoms with Crippen LogP contribution >= 0.6 is 11.3 Å². The molecule has 1 saturated heterocycles. The van der Waals surface area contributed by atoms with Crippen molar-refractivity contribution in [2.24, 2.45) is 0 Å². The molecule has 106 valence electrons. The number of amides is 1. The van der Waals surface area contributed by atoms with Crippen molar-refractivity contribution in [3.63, 3.8) is 0 Å². The number of carbonyl (C=O) groups excluding carboxylic acids is 1. The molecule has 1 aliphatic heterocycles. The Hall–Kier alpha value is -2.21. The summed E-state index contributed by atoms with van der Waals surface area (Å²) < 4.78 is 0. The van der Waals surface area contributed by atoms with Crippen LogP contribution in [0.2, 0.25) is 0 Å². The number of fused-ring (bicyclic) bond motifs is 1. The Bertz CT molecular complexity index is 801. The SMILES string of the molecule is O=C(c1csc(-c2cnc3[nH]ccc3n2)c1)N1CCCC1. The van der Waals surface area contributed by atoms with E-state index < -0.39 is 0 Å². The largest absolute Gasteiger partial charge is 0.345 e. The Kier molecular flexibility index (Phi) is 2.96. The first kappa shape index (κ1) is 12.5. The molecular weight excluding hydrogens is 284 g/mol. The fourth-order valence-electron chi connectivity index (χ4n) is 2.63. The number of aromatic amines is 1. The second-order valence-electron chi connectivity index (χ2n) is 5.17. The molecule has 0 aromatic carbocycles. The number of hydrogen-bond donors (Lipinski definition) is 1. The average Bonchev–Trinajstić information content (AvgIpc) is 3.25. The third-order valence-electron chi connectivity index (χ3n) is 3.75. The number of nitrogens with zero attached hydrogens (tertiary/aromatic N) is 3. The highest BCUT2D eigenvalue weighted by molar-refractivity contribution is 7.13. The van der Waals surface area contributed by atoms with Gasteiger partial charge in [-0.2, -0.15) is 0 Å². The van der Waals surface area contributed by atoms with Crippen molar-refractivity contribution in [1.29, 1.82) is 0 Å². The van der Waals surface area contributed by atoms with Crippen LogP contribution in [-0.4, -0.2) is 38.8 Å². The normalized spacial score (nSPS) is 15.0. The smallest absolute Gasteiger partial charge is 0.254 e. The highest BCUT2D eigenvalue weighted by Crippen LogP contribution is 2.27. The summed E-state index contributed by atoms with van der Waals surface area (Å²) >= 11 is 1.54. The zero-order chi connectivity index (χ0) is 14.2. The van der Waals surface area contributed by atoms with Gasteiger partial charge in [0.15, 0.2) is 5.65 Å². The fraction of sp³-hybridized carbons (Fsp3) is 0.267. The van der Waals surface area contributed by atoms with Crippen LogP contribution in [0.5, 0.6) is 0 Å². The van der Waals surface area contributed by atoms with Crippen molar-refractivity contribution in [2.75, 3.05) is 13.1 Å². The first-order chi connectivity index (χ1) is 10.3. The minimum Gasteiger partial charge on any atom is -0.345 e. The van der Waals surface area contributed by atoms with E-state index in [2.05, 4.69) is 15.0 Å². The van der Waals surface area contributed by atoms with Gasteiger partial charge in [0.25, 0.3) is 5.91 Å². The molecule has 4 rings (SSSR count). The Morgan fingerprint density at radius 1 is 1.33 bits per heavy atom. The second-order valence-corrected chi connectivity index (χ2v) is 6.08. The number of thiophene rings is 1. The van der Waals surface area contributed by atoms with Gasteiger partial charge in [0.05, 0.1) is 22.3 Å². The molecule has 1 amide bonds. The monoisotopic (exact) mass is 298 g/mol. The Labute approximate surface area is 125 Å². The lowest BCUT2D eigenvalue weighted by Crippen LogP contribution is -2.27. The zero-order valence-electron chi connectivity index (χ0n) is 11.4. The van der Waals surface area contributed by atoms with Gasteiger partial charge >= 0.3 is 0 Å². The number of H-pyrrole nitrogens is 1. The quantitative estimate of drug-likeness (QED) is 0.791. The topological polar surface area (TPSA) is 61.9 Å². The van der Waals surface area contributed by atoms with Crippen LogP contribution < -0.4 is 0 Å². The summed E-state index contributed by atoms with van der Waals surface area (Å²) in [4.78, 5) is 27.2. The van der Waals surface area contributed by atoms with Crippen LogP contribution in [0.1, 0.15) is 23.2 Å². The van der Waals surface area contributed by atoms with Crippen LogP contribution in [0.3, 0.4) is 0 Å². The molecule has 1 N–H and O–H groups in total. The van der Waals surface area contributed by atoms with Gasteiger partial charge in [0, 0.05) is 24.7 Å². The first-order valence-corrected chi connectivity index (χ1v) is 7.87. The van der Waals surface area contributed by atoms with E-state index in [-0.39, 0.29) is 5.91 Å². The van der Waals surface area contributed by atoms with Crippen molar-refractivity contribution in [3.05, 3.63) is 35.5 Å². The standard InChI is InChI=1S/C15H14N4OS/c20-15(19-5-1-2-6-19)10-7-13(21-9-10)12-8-17-14-11(18-12)3-4-16-14/h3-4,7-9H,1-2,5-6H2,(H,16,17). The van der Waals surface area contributed by atoms with Gasteiger partial charge in [-0.3, -0.25) is 4.79 Å². The van der Waals surface area contributed by atoms with E-state index in [0.29, 0.717) is 0 Å². The average molecular weight is 298 g/mol. The number of hydrogen-bond acceptors (Lipinski definition) is 4. The van der Waals surface area contributed by atoms with E-state index >= 15 is 0 Å². The van der Waals surface area contributed by atoms with Crippen LogP contribution in [0, 0.1) is 0 Å². The van der Waals surface area contributed by atoms with Crippen molar-refractivity contribution in [2.45, 2.75) is 12.8 Å². The maximum Gasteiger partial charge on any atom is 0.254 e. The van der Waals surface area contributed by atoms with Gasteiger partial charge in [-0.1, -0.05) is 0 Å². The van der Waals surface area contributed by atoms with Crippen LogP contribution in [0.15, 0.2) is 29.9 Å². The number of aromatic nitrogens is 3. The number of rotatable bonds is 2.